The first-order valence-corrected chi connectivity index (χ1v) is 12.7. The molecule has 0 aliphatic heterocycles. The minimum atomic E-state index is 0.0560. The minimum absolute atomic E-state index is 0.0560. The van der Waals surface area contributed by atoms with Crippen molar-refractivity contribution in [3.63, 3.8) is 0 Å². The normalized spacial score (nSPS) is 10.5. The van der Waals surface area contributed by atoms with Gasteiger partial charge in [0.1, 0.15) is 17.2 Å². The first kappa shape index (κ1) is 27.3. The van der Waals surface area contributed by atoms with E-state index in [1.165, 1.54) is 0 Å². The molecule has 0 fully saturated rings. The van der Waals surface area contributed by atoms with E-state index in [4.69, 9.17) is 14.2 Å². The van der Waals surface area contributed by atoms with Gasteiger partial charge in [-0.15, -0.1) is 15.0 Å². The Hall–Kier alpha value is -4.71. The molecule has 6 nitrogen and oxygen atoms in total. The van der Waals surface area contributed by atoms with Crippen LogP contribution in [0.25, 0.3) is 0 Å². The van der Waals surface area contributed by atoms with E-state index in [0.717, 1.165) is 52.7 Å². The molecule has 0 aliphatic carbocycles. The smallest absolute Gasteiger partial charge is 0.331 e. The van der Waals surface area contributed by atoms with Gasteiger partial charge in [0.2, 0.25) is 0 Å². The fourth-order valence-corrected chi connectivity index (χ4v) is 3.85. The molecule has 3 aromatic carbocycles. The molecule has 0 bridgehead atoms. The van der Waals surface area contributed by atoms with Gasteiger partial charge in [-0.2, -0.15) is 0 Å². The quantitative estimate of drug-likeness (QED) is 0.175. The van der Waals surface area contributed by atoms with Crippen LogP contribution in [-0.4, -0.2) is 15.0 Å². The van der Waals surface area contributed by atoms with Gasteiger partial charge in [0.25, 0.3) is 0 Å². The summed E-state index contributed by atoms with van der Waals surface area (Å²) in [7, 11) is 0. The Morgan fingerprint density at radius 1 is 0.462 bits per heavy atom. The molecule has 4 aromatic rings. The molecule has 0 N–H and O–H groups in total. The lowest BCUT2D eigenvalue weighted by molar-refractivity contribution is 0.362. The van der Waals surface area contributed by atoms with Gasteiger partial charge >= 0.3 is 18.0 Å². The van der Waals surface area contributed by atoms with Crippen molar-refractivity contribution >= 4 is 0 Å². The van der Waals surface area contributed by atoms with Crippen molar-refractivity contribution in [2.75, 3.05) is 0 Å². The first-order valence-electron chi connectivity index (χ1n) is 12.7. The Bertz CT molecular complexity index is 1270. The predicted octanol–water partition coefficient (Wildman–Crippen LogP) is 8.60. The summed E-state index contributed by atoms with van der Waals surface area (Å²) in [6.45, 7) is 17.9. The molecule has 198 valence electrons. The van der Waals surface area contributed by atoms with Gasteiger partial charge in [0.05, 0.1) is 0 Å². The highest BCUT2D eigenvalue weighted by Crippen LogP contribution is 2.28. The molecule has 0 atom stereocenters. The average molecular weight is 520 g/mol. The van der Waals surface area contributed by atoms with E-state index >= 15 is 0 Å². The second-order valence-corrected chi connectivity index (χ2v) is 9.82. The lowest BCUT2D eigenvalue weighted by Gasteiger charge is -2.11. The number of hydrogen-bond donors (Lipinski definition) is 0. The topological polar surface area (TPSA) is 66.4 Å². The molecule has 39 heavy (non-hydrogen) atoms. The zero-order chi connectivity index (χ0) is 27.8. The molecular formula is C33H33N3O3. The van der Waals surface area contributed by atoms with E-state index in [9.17, 15) is 0 Å². The van der Waals surface area contributed by atoms with Crippen molar-refractivity contribution < 1.29 is 14.2 Å². The molecule has 0 amide bonds. The maximum Gasteiger partial charge on any atom is 0.331 e. The van der Waals surface area contributed by atoms with Crippen LogP contribution in [0.1, 0.15) is 37.5 Å². The summed E-state index contributed by atoms with van der Waals surface area (Å²) < 4.78 is 17.9. The third-order valence-corrected chi connectivity index (χ3v) is 5.49. The van der Waals surface area contributed by atoms with Crippen LogP contribution in [-0.2, 0) is 19.3 Å². The van der Waals surface area contributed by atoms with E-state index in [0.29, 0.717) is 17.2 Å². The number of hydrogen-bond acceptors (Lipinski definition) is 6. The fraction of sp³-hybridized carbons (Fsp3) is 0.182. The Morgan fingerprint density at radius 2 is 0.692 bits per heavy atom. The summed E-state index contributed by atoms with van der Waals surface area (Å²) >= 11 is 0. The number of allylic oxidation sites excluding steroid dienone is 3. The van der Waals surface area contributed by atoms with Crippen molar-refractivity contribution in [1.82, 2.24) is 15.0 Å². The van der Waals surface area contributed by atoms with E-state index < -0.39 is 0 Å². The SMILES string of the molecule is C=C(C)Cc1ccc(Oc2nc(Oc3ccc(CC(=C)C)cc3)nc(Oc3ccc(CC(=C)C)cc3)n2)cc1. The monoisotopic (exact) mass is 519 g/mol. The zero-order valence-electron chi connectivity index (χ0n) is 22.7. The van der Waals surface area contributed by atoms with E-state index in [2.05, 4.69) is 34.7 Å². The highest BCUT2D eigenvalue weighted by Gasteiger charge is 2.13. The summed E-state index contributed by atoms with van der Waals surface area (Å²) in [5, 5.41) is 0. The largest absolute Gasteiger partial charge is 0.424 e. The van der Waals surface area contributed by atoms with E-state index in [-0.39, 0.29) is 18.0 Å². The maximum absolute atomic E-state index is 5.96. The maximum atomic E-state index is 5.96. The Morgan fingerprint density at radius 3 is 0.897 bits per heavy atom. The molecular weight excluding hydrogens is 486 g/mol. The second kappa shape index (κ2) is 12.7. The van der Waals surface area contributed by atoms with Crippen LogP contribution in [0.5, 0.6) is 35.3 Å². The third-order valence-electron chi connectivity index (χ3n) is 5.49. The van der Waals surface area contributed by atoms with Crippen molar-refractivity contribution in [1.29, 1.82) is 0 Å². The van der Waals surface area contributed by atoms with Gasteiger partial charge in [-0.1, -0.05) is 72.9 Å². The lowest BCUT2D eigenvalue weighted by Crippen LogP contribution is -2.01. The minimum Gasteiger partial charge on any atom is -0.424 e. The van der Waals surface area contributed by atoms with Crippen LogP contribution in [0.15, 0.2) is 109 Å². The molecule has 6 heteroatoms. The average Bonchev–Trinajstić information content (AvgIpc) is 2.87. The molecule has 1 aromatic heterocycles. The van der Waals surface area contributed by atoms with Crippen LogP contribution < -0.4 is 14.2 Å². The number of nitrogens with zero attached hydrogens (tertiary/aromatic N) is 3. The predicted molar refractivity (Wildman–Crippen MR) is 155 cm³/mol. The molecule has 0 radical (unpaired) electrons. The number of aromatic nitrogens is 3. The molecule has 0 saturated heterocycles. The Labute approximate surface area is 230 Å². The second-order valence-electron chi connectivity index (χ2n) is 9.82. The van der Waals surface area contributed by atoms with Crippen LogP contribution in [0.3, 0.4) is 0 Å². The van der Waals surface area contributed by atoms with Crippen LogP contribution in [0.2, 0.25) is 0 Å². The number of ether oxygens (including phenoxy) is 3. The molecule has 1 heterocycles. The zero-order valence-corrected chi connectivity index (χ0v) is 22.7. The van der Waals surface area contributed by atoms with Gasteiger partial charge in [-0.3, -0.25) is 0 Å². The summed E-state index contributed by atoms with van der Waals surface area (Å²) in [4.78, 5) is 13.1. The van der Waals surface area contributed by atoms with Crippen molar-refractivity contribution in [3.8, 4) is 35.3 Å². The molecule has 0 saturated carbocycles. The summed E-state index contributed by atoms with van der Waals surface area (Å²) in [6.07, 6.45) is 2.41. The van der Waals surface area contributed by atoms with Crippen molar-refractivity contribution in [2.45, 2.75) is 40.0 Å². The Kier molecular flexibility index (Phi) is 8.90. The van der Waals surface area contributed by atoms with Gasteiger partial charge in [0.15, 0.2) is 0 Å². The van der Waals surface area contributed by atoms with Crippen molar-refractivity contribution in [3.05, 3.63) is 126 Å². The van der Waals surface area contributed by atoms with Crippen LogP contribution in [0.4, 0.5) is 0 Å². The van der Waals surface area contributed by atoms with Crippen LogP contribution >= 0.6 is 0 Å². The molecule has 0 aliphatic rings. The summed E-state index contributed by atoms with van der Waals surface area (Å²) in [6, 6.07) is 23.3. The third kappa shape index (κ3) is 8.68. The standard InChI is InChI=1S/C33H33N3O3/c1-22(2)19-25-7-13-28(14-8-25)37-31-34-32(38-29-15-9-26(10-16-29)20-23(3)4)36-33(35-31)39-30-17-11-27(12-18-30)21-24(5)6/h7-18H,1,3,5,19-21H2,2,4,6H3. The van der Waals surface area contributed by atoms with E-state index in [1.807, 2.05) is 93.6 Å². The number of rotatable bonds is 12. The van der Waals surface area contributed by atoms with Crippen LogP contribution in [0, 0.1) is 0 Å². The lowest BCUT2D eigenvalue weighted by atomic mass is 10.1. The molecule has 4 rings (SSSR count). The highest BCUT2D eigenvalue weighted by atomic mass is 16.5. The summed E-state index contributed by atoms with van der Waals surface area (Å²) in [5.74, 6) is 1.74. The summed E-state index contributed by atoms with van der Waals surface area (Å²) in [5.41, 5.74) is 6.69. The highest BCUT2D eigenvalue weighted by molar-refractivity contribution is 5.34. The first-order chi connectivity index (χ1) is 18.7. The number of benzene rings is 3. The van der Waals surface area contributed by atoms with Gasteiger partial charge in [0, 0.05) is 0 Å². The fourth-order valence-electron chi connectivity index (χ4n) is 3.85. The van der Waals surface area contributed by atoms with Gasteiger partial charge in [-0.25, -0.2) is 0 Å². The Balaban J connectivity index is 1.57. The molecule has 0 spiro atoms. The van der Waals surface area contributed by atoms with Gasteiger partial charge in [-0.05, 0) is 93.1 Å². The van der Waals surface area contributed by atoms with Crippen molar-refractivity contribution in [2.24, 2.45) is 0 Å². The van der Waals surface area contributed by atoms with E-state index in [1.54, 1.807) is 0 Å². The van der Waals surface area contributed by atoms with Gasteiger partial charge < -0.3 is 14.2 Å². The molecule has 0 unspecified atom stereocenters.